The fourth-order valence-electron chi connectivity index (χ4n) is 1.83. The Morgan fingerprint density at radius 2 is 2.00 bits per heavy atom. The summed E-state index contributed by atoms with van der Waals surface area (Å²) in [5, 5.41) is 17.5. The lowest BCUT2D eigenvalue weighted by Crippen LogP contribution is -2.22. The van der Waals surface area contributed by atoms with Gasteiger partial charge in [0, 0.05) is 22.3 Å². The molecule has 1 fully saturated rings. The highest BCUT2D eigenvalue weighted by molar-refractivity contribution is 6.35. The van der Waals surface area contributed by atoms with Crippen molar-refractivity contribution in [2.75, 3.05) is 11.9 Å². The summed E-state index contributed by atoms with van der Waals surface area (Å²) in [6.45, 7) is 0.700. The zero-order valence-corrected chi connectivity index (χ0v) is 12.2. The smallest absolute Gasteiger partial charge is 0.274 e. The molecule has 1 aromatic carbocycles. The van der Waals surface area contributed by atoms with Crippen LogP contribution in [-0.2, 0) is 0 Å². The zero-order valence-electron chi connectivity index (χ0n) is 10.7. The molecule has 2 N–H and O–H groups in total. The van der Waals surface area contributed by atoms with Gasteiger partial charge < -0.3 is 10.6 Å². The van der Waals surface area contributed by atoms with Crippen LogP contribution in [0.3, 0.4) is 0 Å². The number of benzene rings is 1. The van der Waals surface area contributed by atoms with Crippen LogP contribution in [0.4, 0.5) is 5.69 Å². The summed E-state index contributed by atoms with van der Waals surface area (Å²) in [5.74, 6) is 1.09. The van der Waals surface area contributed by atoms with E-state index in [0.29, 0.717) is 28.1 Å². The molecule has 0 aromatic heterocycles. The molecule has 0 amide bonds. The number of rotatable bonds is 7. The molecule has 0 unspecified atom stereocenters. The summed E-state index contributed by atoms with van der Waals surface area (Å²) >= 11 is 11.8. The molecule has 0 radical (unpaired) electrons. The lowest BCUT2D eigenvalue weighted by molar-refractivity contribution is -0.403. The first kappa shape index (κ1) is 14.9. The van der Waals surface area contributed by atoms with E-state index in [-0.39, 0.29) is 0 Å². The number of anilines is 1. The quantitative estimate of drug-likeness (QED) is 0.592. The largest absolute Gasteiger partial charge is 0.366 e. The number of halogens is 2. The summed E-state index contributed by atoms with van der Waals surface area (Å²) in [5.41, 5.74) is 0.606. The van der Waals surface area contributed by atoms with Crippen molar-refractivity contribution in [3.8, 4) is 0 Å². The van der Waals surface area contributed by atoms with Crippen LogP contribution >= 0.6 is 23.2 Å². The average molecular weight is 316 g/mol. The van der Waals surface area contributed by atoms with Gasteiger partial charge in [-0.1, -0.05) is 36.0 Å². The fraction of sp³-hybridized carbons (Fsp3) is 0.385. The van der Waals surface area contributed by atoms with Crippen LogP contribution in [0.1, 0.15) is 19.3 Å². The molecule has 1 aliphatic carbocycles. The van der Waals surface area contributed by atoms with E-state index in [0.717, 1.165) is 18.5 Å². The Labute approximate surface area is 127 Å². The summed E-state index contributed by atoms with van der Waals surface area (Å²) in [4.78, 5) is 10.1. The van der Waals surface area contributed by atoms with E-state index in [4.69, 9.17) is 23.2 Å². The van der Waals surface area contributed by atoms with E-state index in [2.05, 4.69) is 10.6 Å². The van der Waals surface area contributed by atoms with Crippen molar-refractivity contribution < 1.29 is 4.92 Å². The van der Waals surface area contributed by atoms with Gasteiger partial charge in [0.05, 0.1) is 4.92 Å². The molecule has 1 saturated carbocycles. The first-order valence-corrected chi connectivity index (χ1v) is 7.11. The summed E-state index contributed by atoms with van der Waals surface area (Å²) < 4.78 is 0. The molecule has 2 rings (SSSR count). The lowest BCUT2D eigenvalue weighted by atomic mass is 10.3. The van der Waals surface area contributed by atoms with Crippen molar-refractivity contribution in [2.45, 2.75) is 19.3 Å². The maximum absolute atomic E-state index is 10.6. The van der Waals surface area contributed by atoms with Crippen molar-refractivity contribution >= 4 is 28.9 Å². The Morgan fingerprint density at radius 3 is 2.55 bits per heavy atom. The Morgan fingerprint density at radius 1 is 1.35 bits per heavy atom. The second-order valence-corrected chi connectivity index (χ2v) is 5.64. The third kappa shape index (κ3) is 5.27. The molecule has 1 aliphatic rings. The number of nitrogens with one attached hydrogen (secondary N) is 2. The minimum Gasteiger partial charge on any atom is -0.366 e. The van der Waals surface area contributed by atoms with Crippen molar-refractivity contribution in [1.82, 2.24) is 5.32 Å². The topological polar surface area (TPSA) is 67.2 Å². The van der Waals surface area contributed by atoms with E-state index in [9.17, 15) is 10.1 Å². The van der Waals surface area contributed by atoms with Gasteiger partial charge in [-0.15, -0.1) is 0 Å². The Kier molecular flexibility index (Phi) is 5.09. The summed E-state index contributed by atoms with van der Waals surface area (Å²) in [6.07, 6.45) is 4.44. The maximum atomic E-state index is 10.6. The molecule has 0 aliphatic heterocycles. The van der Waals surface area contributed by atoms with Gasteiger partial charge in [0.15, 0.2) is 5.82 Å². The van der Waals surface area contributed by atoms with Gasteiger partial charge in [-0.2, -0.15) is 0 Å². The molecule has 0 spiro atoms. The average Bonchev–Trinajstić information content (AvgIpc) is 3.10. The molecule has 0 heterocycles. The van der Waals surface area contributed by atoms with Crippen molar-refractivity contribution in [3.05, 3.63) is 50.4 Å². The van der Waals surface area contributed by atoms with Crippen LogP contribution in [0.5, 0.6) is 0 Å². The SMILES string of the molecule is O=[N+]([O-])C=C(NCCC1CC1)Nc1cc(Cl)cc(Cl)c1. The van der Waals surface area contributed by atoms with Gasteiger partial charge in [0.25, 0.3) is 6.20 Å². The lowest BCUT2D eigenvalue weighted by Gasteiger charge is -2.11. The second-order valence-electron chi connectivity index (χ2n) is 4.77. The third-order valence-electron chi connectivity index (χ3n) is 2.94. The van der Waals surface area contributed by atoms with E-state index >= 15 is 0 Å². The van der Waals surface area contributed by atoms with Gasteiger partial charge in [-0.25, -0.2) is 0 Å². The summed E-state index contributed by atoms with van der Waals surface area (Å²) in [6, 6.07) is 4.92. The number of nitrogens with zero attached hydrogens (tertiary/aromatic N) is 1. The van der Waals surface area contributed by atoms with E-state index < -0.39 is 4.92 Å². The van der Waals surface area contributed by atoms with E-state index in [1.165, 1.54) is 12.8 Å². The zero-order chi connectivity index (χ0) is 14.5. The highest BCUT2D eigenvalue weighted by Crippen LogP contribution is 2.31. The first-order chi connectivity index (χ1) is 9.52. The second kappa shape index (κ2) is 6.81. The van der Waals surface area contributed by atoms with Crippen LogP contribution < -0.4 is 10.6 Å². The fourth-order valence-corrected chi connectivity index (χ4v) is 2.35. The maximum Gasteiger partial charge on any atom is 0.274 e. The van der Waals surface area contributed by atoms with Crippen molar-refractivity contribution in [1.29, 1.82) is 0 Å². The van der Waals surface area contributed by atoms with E-state index in [1.54, 1.807) is 18.2 Å². The highest BCUT2D eigenvalue weighted by Gasteiger charge is 2.20. The van der Waals surface area contributed by atoms with Crippen LogP contribution in [-0.4, -0.2) is 11.5 Å². The van der Waals surface area contributed by atoms with E-state index in [1.807, 2.05) is 0 Å². The first-order valence-electron chi connectivity index (χ1n) is 6.35. The number of nitro groups is 1. The monoisotopic (exact) mass is 315 g/mol. The van der Waals surface area contributed by atoms with Crippen LogP contribution in [0.15, 0.2) is 30.2 Å². The van der Waals surface area contributed by atoms with Gasteiger partial charge in [-0.05, 0) is 30.5 Å². The van der Waals surface area contributed by atoms with Gasteiger partial charge >= 0.3 is 0 Å². The van der Waals surface area contributed by atoms with Gasteiger partial charge in [0.1, 0.15) is 0 Å². The standard InChI is InChI=1S/C13H15Cl2N3O2/c14-10-5-11(15)7-12(6-10)17-13(8-18(19)20)16-4-3-9-1-2-9/h5-9,16-17H,1-4H2. The normalized spacial score (nSPS) is 15.0. The predicted molar refractivity (Wildman–Crippen MR) is 80.5 cm³/mol. The van der Waals surface area contributed by atoms with Gasteiger partial charge in [-0.3, -0.25) is 10.1 Å². The minimum absolute atomic E-state index is 0.328. The van der Waals surface area contributed by atoms with Crippen LogP contribution in [0.2, 0.25) is 10.0 Å². The summed E-state index contributed by atoms with van der Waals surface area (Å²) in [7, 11) is 0. The molecule has 0 bridgehead atoms. The molecule has 1 aromatic rings. The predicted octanol–water partition coefficient (Wildman–Crippen LogP) is 3.87. The molecule has 0 saturated heterocycles. The third-order valence-corrected chi connectivity index (χ3v) is 3.38. The Hall–Kier alpha value is -1.46. The molecule has 108 valence electrons. The van der Waals surface area contributed by atoms with Crippen molar-refractivity contribution in [2.24, 2.45) is 5.92 Å². The van der Waals surface area contributed by atoms with Gasteiger partial charge in [0.2, 0.25) is 0 Å². The highest BCUT2D eigenvalue weighted by atomic mass is 35.5. The van der Waals surface area contributed by atoms with Crippen LogP contribution in [0, 0.1) is 16.0 Å². The minimum atomic E-state index is -0.501. The Bertz CT molecular complexity index is 510. The van der Waals surface area contributed by atoms with Crippen molar-refractivity contribution in [3.63, 3.8) is 0 Å². The molecular weight excluding hydrogens is 301 g/mol. The molecule has 20 heavy (non-hydrogen) atoms. The Balaban J connectivity index is 1.99. The number of hydrogen-bond acceptors (Lipinski definition) is 4. The molecule has 5 nitrogen and oxygen atoms in total. The van der Waals surface area contributed by atoms with Crippen LogP contribution in [0.25, 0.3) is 0 Å². The molecular formula is C13H15Cl2N3O2. The molecule has 7 heteroatoms. The molecule has 0 atom stereocenters. The number of hydrogen-bond donors (Lipinski definition) is 2.